The van der Waals surface area contributed by atoms with Gasteiger partial charge >= 0.3 is 21.0 Å². The van der Waals surface area contributed by atoms with Gasteiger partial charge in [-0.25, -0.2) is 9.59 Å². The lowest BCUT2D eigenvalue weighted by Gasteiger charge is -2.32. The molecule has 528 valence electrons. The molecule has 0 spiro atoms. The van der Waals surface area contributed by atoms with Gasteiger partial charge in [0.1, 0.15) is 13.2 Å². The number of alkyl carbamates (subject to hydrolysis) is 2. The van der Waals surface area contributed by atoms with Crippen LogP contribution in [0.1, 0.15) is 127 Å². The number of hydrogen-bond acceptors (Lipinski definition) is 17. The number of anilines is 2. The second kappa shape index (κ2) is 44.1. The number of unbranched alkanes of at least 4 members (excludes halogenated alkanes) is 1. The number of fused-ring (bicyclic) bond motifs is 3. The molecule has 0 radical (unpaired) electrons. The standard InChI is InChI=1S/C78H102N4O13S2Si/c1-9-15-43-79-76(83)91-49-45-81(10-2)66-27-17-62(18-28-66)21-31-68-35-37-70(96-68)33-23-64-25-39-72-73-40-26-65(61-75(73)78(74(72)60-64,41-47-87-55-57-89-53-51-85-7)42-48-88-56-58-90-54-52-86-8)24-34-71-38-36-69(97-71)32-22-63-19-29-67(30-20-63)82(11-3)46-50-92-77(84)80-44-16-59-98(93-12-4,94-13-5)95-14-6/h17-22,25-32,35-40,60-61H,9-16,41-59H2,1-8H3,(H,79,83)(H,80,84)/b31-21+,32-22+. The normalized spacial score (nSPS) is 12.2. The molecule has 0 atom stereocenters. The van der Waals surface area contributed by atoms with Gasteiger partial charge in [-0.1, -0.05) is 85.6 Å². The van der Waals surface area contributed by atoms with Crippen molar-refractivity contribution in [2.45, 2.75) is 85.1 Å². The third-order valence-electron chi connectivity index (χ3n) is 16.4. The number of methoxy groups -OCH3 is 2. The number of likely N-dealkylation sites (N-methyl/N-ethyl adjacent to an activating group) is 2. The molecular formula is C78H102N4O13S2Si. The number of benzene rings is 4. The van der Waals surface area contributed by atoms with E-state index in [1.807, 2.05) is 20.8 Å². The molecule has 0 saturated carbocycles. The molecule has 20 heteroatoms. The van der Waals surface area contributed by atoms with Crippen molar-refractivity contribution in [1.29, 1.82) is 0 Å². The highest BCUT2D eigenvalue weighted by molar-refractivity contribution is 7.13. The molecule has 0 unspecified atom stereocenters. The molecule has 7 rings (SSSR count). The van der Waals surface area contributed by atoms with Crippen LogP contribution < -0.4 is 20.4 Å². The SMILES string of the molecule is CCCCNC(=O)OCCN(CC)c1ccc(/C=C/c2ccc(C#Cc3ccc4c(c3)C(CCOCCOCCOC)(CCOCCOCCOC)c3cc(C#Cc5ccc(/C=C/c6ccc(N(CC)CCOC(=O)NCCC[Si](OCC)(OCC)OCC)cc6)s5)ccc3-4)s2)cc1. The Morgan fingerprint density at radius 3 is 1.31 bits per heavy atom. The van der Waals surface area contributed by atoms with Gasteiger partial charge in [-0.05, 0) is 179 Å². The van der Waals surface area contributed by atoms with E-state index in [0.717, 1.165) is 79.1 Å². The van der Waals surface area contributed by atoms with Crippen LogP contribution in [0.5, 0.6) is 0 Å². The summed E-state index contributed by atoms with van der Waals surface area (Å²) in [7, 11) is 0.573. The minimum Gasteiger partial charge on any atom is -0.448 e. The van der Waals surface area contributed by atoms with Crippen molar-refractivity contribution in [2.75, 3.05) is 162 Å². The summed E-state index contributed by atoms with van der Waals surface area (Å²) >= 11 is 3.31. The van der Waals surface area contributed by atoms with Crippen molar-refractivity contribution in [1.82, 2.24) is 10.6 Å². The Hall–Kier alpha value is -7.12. The molecule has 17 nitrogen and oxygen atoms in total. The number of ether oxygens (including phenoxy) is 8. The first-order chi connectivity index (χ1) is 48.0. The maximum atomic E-state index is 12.6. The Bertz CT molecular complexity index is 3480. The van der Waals surface area contributed by atoms with E-state index in [0.29, 0.717) is 144 Å². The van der Waals surface area contributed by atoms with Crippen LogP contribution in [0.2, 0.25) is 6.04 Å². The monoisotopic (exact) mass is 1390 g/mol. The molecule has 4 aromatic carbocycles. The van der Waals surface area contributed by atoms with E-state index >= 15 is 0 Å². The van der Waals surface area contributed by atoms with Crippen LogP contribution in [-0.4, -0.2) is 174 Å². The molecule has 0 aliphatic heterocycles. The number of nitrogens with one attached hydrogen (secondary N) is 2. The summed E-state index contributed by atoms with van der Waals surface area (Å²) in [5.74, 6) is 14.1. The van der Waals surface area contributed by atoms with Crippen molar-refractivity contribution in [3.8, 4) is 34.8 Å². The highest BCUT2D eigenvalue weighted by Gasteiger charge is 2.43. The molecule has 2 heterocycles. The number of hydrogen-bond donors (Lipinski definition) is 2. The predicted octanol–water partition coefficient (Wildman–Crippen LogP) is 14.7. The predicted molar refractivity (Wildman–Crippen MR) is 400 cm³/mol. The Morgan fingerprint density at radius 2 is 0.898 bits per heavy atom. The zero-order valence-corrected chi connectivity index (χ0v) is 61.4. The zero-order chi connectivity index (χ0) is 69.5. The van der Waals surface area contributed by atoms with Crippen LogP contribution in [0, 0.1) is 23.7 Å². The summed E-state index contributed by atoms with van der Waals surface area (Å²) in [5.41, 5.74) is 10.4. The van der Waals surface area contributed by atoms with Gasteiger partial charge in [0.25, 0.3) is 0 Å². The van der Waals surface area contributed by atoms with Crippen molar-refractivity contribution in [3.63, 3.8) is 0 Å². The summed E-state index contributed by atoms with van der Waals surface area (Å²) < 4.78 is 63.4. The van der Waals surface area contributed by atoms with Crippen molar-refractivity contribution < 1.29 is 60.8 Å². The van der Waals surface area contributed by atoms with Crippen LogP contribution in [0.25, 0.3) is 35.4 Å². The van der Waals surface area contributed by atoms with Crippen molar-refractivity contribution >= 4 is 79.3 Å². The summed E-state index contributed by atoms with van der Waals surface area (Å²) in [4.78, 5) is 33.2. The van der Waals surface area contributed by atoms with E-state index in [1.54, 1.807) is 36.9 Å². The summed E-state index contributed by atoms with van der Waals surface area (Å²) in [6, 6.07) is 39.1. The van der Waals surface area contributed by atoms with E-state index in [-0.39, 0.29) is 12.7 Å². The molecule has 1 aliphatic carbocycles. The molecule has 0 bridgehead atoms. The molecule has 0 saturated heterocycles. The minimum atomic E-state index is -2.77. The Labute approximate surface area is 591 Å². The van der Waals surface area contributed by atoms with Gasteiger partial charge in [-0.2, -0.15) is 0 Å². The molecule has 0 fully saturated rings. The molecular weight excluding hydrogens is 1290 g/mol. The number of carbonyl (C=O) groups is 2. The molecule has 2 aromatic heterocycles. The first-order valence-corrected chi connectivity index (χ1v) is 38.2. The van der Waals surface area contributed by atoms with E-state index in [4.69, 9.17) is 51.2 Å². The van der Waals surface area contributed by atoms with Gasteiger partial charge in [0.2, 0.25) is 0 Å². The number of thiophene rings is 2. The van der Waals surface area contributed by atoms with Crippen molar-refractivity contribution in [2.24, 2.45) is 0 Å². The molecule has 98 heavy (non-hydrogen) atoms. The summed E-state index contributed by atoms with van der Waals surface area (Å²) in [5, 5.41) is 5.67. The third kappa shape index (κ3) is 25.6. The number of rotatable bonds is 45. The first-order valence-electron chi connectivity index (χ1n) is 34.6. The Morgan fingerprint density at radius 1 is 0.480 bits per heavy atom. The lowest BCUT2D eigenvalue weighted by Crippen LogP contribution is -2.46. The number of amides is 2. The number of nitrogens with zero attached hydrogens (tertiary/aromatic N) is 2. The van der Waals surface area contributed by atoms with Gasteiger partial charge in [-0.15, -0.1) is 22.7 Å². The van der Waals surface area contributed by atoms with Gasteiger partial charge < -0.3 is 71.6 Å². The summed E-state index contributed by atoms with van der Waals surface area (Å²) in [6.45, 7) is 22.9. The molecule has 6 aromatic rings. The van der Waals surface area contributed by atoms with Crippen LogP contribution in [0.3, 0.4) is 0 Å². The fourth-order valence-corrected chi connectivity index (χ4v) is 15.5. The van der Waals surface area contributed by atoms with Crippen molar-refractivity contribution in [3.05, 3.63) is 162 Å². The topological polar surface area (TPSA) is 166 Å². The highest BCUT2D eigenvalue weighted by atomic mass is 32.1. The average molecular weight is 1400 g/mol. The largest absolute Gasteiger partial charge is 0.500 e. The lowest BCUT2D eigenvalue weighted by atomic mass is 9.72. The van der Waals surface area contributed by atoms with Gasteiger partial charge in [-0.3, -0.25) is 0 Å². The smallest absolute Gasteiger partial charge is 0.448 e. The Balaban J connectivity index is 1.02. The van der Waals surface area contributed by atoms with Gasteiger partial charge in [0.05, 0.1) is 75.7 Å². The third-order valence-corrected chi connectivity index (χ3v) is 21.5. The van der Waals surface area contributed by atoms with E-state index in [9.17, 15) is 9.59 Å². The first kappa shape index (κ1) is 78.2. The highest BCUT2D eigenvalue weighted by Crippen LogP contribution is 2.53. The second-order valence-electron chi connectivity index (χ2n) is 23.0. The second-order valence-corrected chi connectivity index (χ2v) is 28.0. The number of carbonyl (C=O) groups excluding carboxylic acids is 2. The van der Waals surface area contributed by atoms with Gasteiger partial charge in [0, 0.05) is 117 Å². The van der Waals surface area contributed by atoms with E-state index < -0.39 is 20.3 Å². The minimum absolute atomic E-state index is 0.254. The molecule has 1 aliphatic rings. The maximum absolute atomic E-state index is 12.6. The average Bonchev–Trinajstić information content (AvgIpc) is 1.56. The quantitative estimate of drug-likeness (QED) is 0.0210. The molecule has 2 N–H and O–H groups in total. The van der Waals surface area contributed by atoms with Crippen LogP contribution in [0.15, 0.2) is 109 Å². The summed E-state index contributed by atoms with van der Waals surface area (Å²) in [6.07, 6.45) is 11.7. The van der Waals surface area contributed by atoms with E-state index in [2.05, 4.69) is 198 Å². The maximum Gasteiger partial charge on any atom is 0.500 e. The Kier molecular flexibility index (Phi) is 35.2. The lowest BCUT2D eigenvalue weighted by molar-refractivity contribution is 0.0145. The zero-order valence-electron chi connectivity index (χ0n) is 58.8. The van der Waals surface area contributed by atoms with E-state index in [1.165, 1.54) is 22.3 Å². The fraction of sp³-hybridized carbons (Fsp3) is 0.462. The van der Waals surface area contributed by atoms with Crippen LogP contribution in [-0.2, 0) is 56.6 Å². The van der Waals surface area contributed by atoms with Crippen LogP contribution >= 0.6 is 22.7 Å². The van der Waals surface area contributed by atoms with Gasteiger partial charge in [0.15, 0.2) is 0 Å². The van der Waals surface area contributed by atoms with Crippen LogP contribution in [0.4, 0.5) is 21.0 Å². The molecule has 2 amide bonds. The fourth-order valence-electron chi connectivity index (χ4n) is 11.4.